The van der Waals surface area contributed by atoms with Crippen LogP contribution in [0.3, 0.4) is 0 Å². The molecule has 2 aromatic heterocycles. The van der Waals surface area contributed by atoms with Gasteiger partial charge in [0.15, 0.2) is 5.69 Å². The fourth-order valence-corrected chi connectivity index (χ4v) is 2.86. The van der Waals surface area contributed by atoms with Crippen LogP contribution in [0.25, 0.3) is 21.8 Å². The minimum Gasteiger partial charge on any atom is -0.458 e. The summed E-state index contributed by atoms with van der Waals surface area (Å²) in [5.74, 6) is -0.184. The molecule has 0 saturated heterocycles. The number of nitrogens with one attached hydrogen (secondary N) is 1. The Labute approximate surface area is 129 Å². The van der Waals surface area contributed by atoms with Crippen molar-refractivity contribution in [3.63, 3.8) is 0 Å². The van der Waals surface area contributed by atoms with Crippen molar-refractivity contribution in [3.8, 4) is 0 Å². The number of aromatic nitrogens is 2. The van der Waals surface area contributed by atoms with Crippen LogP contribution >= 0.6 is 0 Å². The molecule has 4 heteroatoms. The molecule has 0 bridgehead atoms. The Morgan fingerprint density at radius 3 is 2.55 bits per heavy atom. The Balaban J connectivity index is 2.32. The third kappa shape index (κ3) is 2.34. The van der Waals surface area contributed by atoms with Gasteiger partial charge in [-0.3, -0.25) is 0 Å². The van der Waals surface area contributed by atoms with Gasteiger partial charge in [-0.1, -0.05) is 32.0 Å². The molecule has 0 aliphatic carbocycles. The number of ether oxygens (including phenoxy) is 1. The molecule has 2 heterocycles. The number of aromatic amines is 1. The molecule has 0 saturated carbocycles. The van der Waals surface area contributed by atoms with Crippen LogP contribution in [0, 0.1) is 0 Å². The molecule has 114 valence electrons. The minimum atomic E-state index is -0.356. The molecule has 0 amide bonds. The van der Waals surface area contributed by atoms with E-state index in [1.807, 2.05) is 32.0 Å². The van der Waals surface area contributed by atoms with E-state index in [1.54, 1.807) is 6.20 Å². The molecule has 0 radical (unpaired) electrons. The molecule has 22 heavy (non-hydrogen) atoms. The maximum Gasteiger partial charge on any atom is 0.357 e. The van der Waals surface area contributed by atoms with E-state index < -0.39 is 0 Å². The van der Waals surface area contributed by atoms with Gasteiger partial charge in [-0.05, 0) is 31.4 Å². The van der Waals surface area contributed by atoms with E-state index in [-0.39, 0.29) is 18.0 Å². The molecule has 0 spiro atoms. The molecule has 3 aromatic rings. The molecule has 1 N–H and O–H groups in total. The summed E-state index contributed by atoms with van der Waals surface area (Å²) in [7, 11) is 0. The second-order valence-electron chi connectivity index (χ2n) is 6.09. The molecule has 0 aliphatic rings. The van der Waals surface area contributed by atoms with Gasteiger partial charge in [0.05, 0.1) is 17.8 Å². The van der Waals surface area contributed by atoms with Crippen molar-refractivity contribution >= 4 is 27.8 Å². The maximum atomic E-state index is 12.4. The number of esters is 1. The predicted octanol–water partition coefficient (Wildman–Crippen LogP) is 4.40. The molecule has 3 rings (SSSR count). The summed E-state index contributed by atoms with van der Waals surface area (Å²) in [5.41, 5.74) is 3.36. The van der Waals surface area contributed by atoms with Crippen LogP contribution in [0.15, 0.2) is 30.5 Å². The number of nitrogens with zero attached hydrogens (tertiary/aromatic N) is 1. The first-order chi connectivity index (χ1) is 10.5. The number of H-pyrrole nitrogens is 1. The Kier molecular flexibility index (Phi) is 3.61. The van der Waals surface area contributed by atoms with Crippen LogP contribution in [0.4, 0.5) is 0 Å². The van der Waals surface area contributed by atoms with Crippen molar-refractivity contribution in [1.82, 2.24) is 9.97 Å². The van der Waals surface area contributed by atoms with Crippen molar-refractivity contribution in [2.45, 2.75) is 39.7 Å². The number of carbonyl (C=O) groups is 1. The van der Waals surface area contributed by atoms with Crippen molar-refractivity contribution in [2.24, 2.45) is 0 Å². The minimum absolute atomic E-state index is 0.159. The average molecular weight is 296 g/mol. The number of hydrogen-bond donors (Lipinski definition) is 1. The van der Waals surface area contributed by atoms with Gasteiger partial charge in [0.1, 0.15) is 0 Å². The Hall–Kier alpha value is -2.36. The van der Waals surface area contributed by atoms with Crippen LogP contribution in [0.2, 0.25) is 0 Å². The summed E-state index contributed by atoms with van der Waals surface area (Å²) in [4.78, 5) is 20.1. The van der Waals surface area contributed by atoms with Crippen LogP contribution in [0.1, 0.15) is 49.7 Å². The zero-order chi connectivity index (χ0) is 15.9. The largest absolute Gasteiger partial charge is 0.458 e. The van der Waals surface area contributed by atoms with Gasteiger partial charge in [0.2, 0.25) is 0 Å². The molecule has 0 aliphatic heterocycles. The Bertz CT molecular complexity index is 847. The second kappa shape index (κ2) is 5.44. The summed E-state index contributed by atoms with van der Waals surface area (Å²) in [5, 5.41) is 2.18. The Morgan fingerprint density at radius 2 is 1.86 bits per heavy atom. The van der Waals surface area contributed by atoms with Crippen molar-refractivity contribution < 1.29 is 9.53 Å². The fourth-order valence-electron chi connectivity index (χ4n) is 2.86. The van der Waals surface area contributed by atoms with Gasteiger partial charge in [-0.25, -0.2) is 9.78 Å². The highest BCUT2D eigenvalue weighted by atomic mass is 16.5. The number of rotatable bonds is 3. The van der Waals surface area contributed by atoms with Gasteiger partial charge in [-0.15, -0.1) is 0 Å². The number of carbonyl (C=O) groups excluding carboxylic acids is 1. The van der Waals surface area contributed by atoms with E-state index in [2.05, 4.69) is 29.9 Å². The van der Waals surface area contributed by atoms with Gasteiger partial charge in [0, 0.05) is 16.3 Å². The number of para-hydroxylation sites is 1. The smallest absolute Gasteiger partial charge is 0.357 e. The first kappa shape index (κ1) is 14.6. The summed E-state index contributed by atoms with van der Waals surface area (Å²) in [6.07, 6.45) is 1.56. The summed E-state index contributed by atoms with van der Waals surface area (Å²) >= 11 is 0. The van der Waals surface area contributed by atoms with E-state index in [4.69, 9.17) is 4.74 Å². The molecule has 4 nitrogen and oxygen atoms in total. The molecule has 0 unspecified atom stereocenters. The third-order valence-electron chi connectivity index (χ3n) is 3.70. The normalized spacial score (nSPS) is 11.7. The summed E-state index contributed by atoms with van der Waals surface area (Å²) in [6, 6.07) is 8.10. The SMILES string of the molecule is CC(C)OC(=O)c1ncc2[nH]c3ccccc3c2c1C(C)C. The third-order valence-corrected chi connectivity index (χ3v) is 3.70. The zero-order valence-corrected chi connectivity index (χ0v) is 13.3. The quantitative estimate of drug-likeness (QED) is 0.729. The van der Waals surface area contributed by atoms with Crippen molar-refractivity contribution in [2.75, 3.05) is 0 Å². The second-order valence-corrected chi connectivity index (χ2v) is 6.09. The van der Waals surface area contributed by atoms with Crippen molar-refractivity contribution in [1.29, 1.82) is 0 Å². The van der Waals surface area contributed by atoms with Crippen molar-refractivity contribution in [3.05, 3.63) is 41.7 Å². The zero-order valence-electron chi connectivity index (χ0n) is 13.3. The summed E-state index contributed by atoms with van der Waals surface area (Å²) < 4.78 is 5.35. The van der Waals surface area contributed by atoms with E-state index in [0.717, 1.165) is 27.4 Å². The monoisotopic (exact) mass is 296 g/mol. The van der Waals surface area contributed by atoms with E-state index >= 15 is 0 Å². The number of fused-ring (bicyclic) bond motifs is 3. The van der Waals surface area contributed by atoms with Gasteiger partial charge >= 0.3 is 5.97 Å². The van der Waals surface area contributed by atoms with Crippen LogP contribution in [-0.2, 0) is 4.74 Å². The van der Waals surface area contributed by atoms with Crippen LogP contribution < -0.4 is 0 Å². The Morgan fingerprint density at radius 1 is 1.14 bits per heavy atom. The van der Waals surface area contributed by atoms with Gasteiger partial charge < -0.3 is 9.72 Å². The van der Waals surface area contributed by atoms with Crippen LogP contribution in [0.5, 0.6) is 0 Å². The number of hydrogen-bond acceptors (Lipinski definition) is 3. The first-order valence-electron chi connectivity index (χ1n) is 7.59. The molecule has 0 atom stereocenters. The highest BCUT2D eigenvalue weighted by Crippen LogP contribution is 2.33. The highest BCUT2D eigenvalue weighted by Gasteiger charge is 2.22. The van der Waals surface area contributed by atoms with Crippen LogP contribution in [-0.4, -0.2) is 22.0 Å². The lowest BCUT2D eigenvalue weighted by Gasteiger charge is -2.14. The fraction of sp³-hybridized carbons (Fsp3) is 0.333. The molecular weight excluding hydrogens is 276 g/mol. The van der Waals surface area contributed by atoms with Gasteiger partial charge in [-0.2, -0.15) is 0 Å². The molecule has 0 fully saturated rings. The molecule has 1 aromatic carbocycles. The predicted molar refractivity (Wildman–Crippen MR) is 88.2 cm³/mol. The summed E-state index contributed by atoms with van der Waals surface area (Å²) in [6.45, 7) is 7.84. The maximum absolute atomic E-state index is 12.4. The lowest BCUT2D eigenvalue weighted by molar-refractivity contribution is 0.0369. The number of benzene rings is 1. The standard InChI is InChI=1S/C18H20N2O2/c1-10(2)15-16-12-7-5-6-8-13(12)20-14(16)9-19-17(15)18(21)22-11(3)4/h5-11,20H,1-4H3. The first-order valence-corrected chi connectivity index (χ1v) is 7.59. The highest BCUT2D eigenvalue weighted by molar-refractivity contribution is 6.11. The lowest BCUT2D eigenvalue weighted by Crippen LogP contribution is -2.16. The number of pyridine rings is 1. The average Bonchev–Trinajstić information content (AvgIpc) is 2.83. The topological polar surface area (TPSA) is 55.0 Å². The lowest BCUT2D eigenvalue weighted by atomic mass is 9.95. The van der Waals surface area contributed by atoms with Gasteiger partial charge in [0.25, 0.3) is 0 Å². The van der Waals surface area contributed by atoms with E-state index in [9.17, 15) is 4.79 Å². The molecular formula is C18H20N2O2. The van der Waals surface area contributed by atoms with E-state index in [1.165, 1.54) is 0 Å². The van der Waals surface area contributed by atoms with E-state index in [0.29, 0.717) is 5.69 Å².